The molecule has 1 fully saturated rings. The minimum absolute atomic E-state index is 0.0457. The molecule has 1 saturated heterocycles. The van der Waals surface area contributed by atoms with Crippen molar-refractivity contribution in [2.45, 2.75) is 17.2 Å². The molecule has 0 spiro atoms. The fourth-order valence-corrected chi connectivity index (χ4v) is 3.97. The number of benzene rings is 1. The highest BCUT2D eigenvalue weighted by Crippen LogP contribution is 2.30. The largest absolute Gasteiger partial charge is 0.416 e. The molecule has 13 heteroatoms. The first kappa shape index (κ1) is 22.4. The van der Waals surface area contributed by atoms with Crippen LogP contribution in [-0.4, -0.2) is 69.0 Å². The fourth-order valence-electron chi connectivity index (χ4n) is 2.55. The molecule has 0 radical (unpaired) electrons. The van der Waals surface area contributed by atoms with Gasteiger partial charge in [-0.15, -0.1) is 0 Å². The maximum absolute atomic E-state index is 12.6. The zero-order chi connectivity index (χ0) is 21.2. The van der Waals surface area contributed by atoms with E-state index in [2.05, 4.69) is 0 Å². The first-order valence-corrected chi connectivity index (χ1v) is 9.46. The van der Waals surface area contributed by atoms with Gasteiger partial charge in [-0.2, -0.15) is 30.6 Å². The lowest BCUT2D eigenvalue weighted by atomic mass is 10.2. The average Bonchev–Trinajstić information content (AvgIpc) is 2.59. The average molecular weight is 433 g/mol. The molecule has 6 nitrogen and oxygen atoms in total. The van der Waals surface area contributed by atoms with Crippen LogP contribution >= 0.6 is 0 Å². The highest BCUT2D eigenvalue weighted by atomic mass is 32.2. The second kappa shape index (κ2) is 8.25. The summed E-state index contributed by atoms with van der Waals surface area (Å²) in [6.45, 7) is -1.66. The number of halogens is 6. The molecular weight excluding hydrogens is 416 g/mol. The summed E-state index contributed by atoms with van der Waals surface area (Å²) in [7, 11) is -4.02. The number of piperazine rings is 1. The molecule has 158 valence electrons. The van der Waals surface area contributed by atoms with E-state index in [1.807, 2.05) is 0 Å². The lowest BCUT2D eigenvalue weighted by Gasteiger charge is -2.33. The van der Waals surface area contributed by atoms with E-state index in [1.54, 1.807) is 5.32 Å². The first-order valence-electron chi connectivity index (χ1n) is 8.02. The van der Waals surface area contributed by atoms with E-state index in [9.17, 15) is 39.6 Å². The van der Waals surface area contributed by atoms with Gasteiger partial charge in [0.15, 0.2) is 0 Å². The Morgan fingerprint density at radius 3 is 1.96 bits per heavy atom. The smallest absolute Gasteiger partial charge is 0.346 e. The maximum Gasteiger partial charge on any atom is 0.416 e. The number of amides is 1. The van der Waals surface area contributed by atoms with E-state index in [1.165, 1.54) is 4.90 Å². The van der Waals surface area contributed by atoms with Gasteiger partial charge in [-0.3, -0.25) is 9.69 Å². The number of hydrogen-bond donors (Lipinski definition) is 1. The molecule has 1 aromatic rings. The predicted octanol–water partition coefficient (Wildman–Crippen LogP) is 1.69. The Bertz CT molecular complexity index is 785. The highest BCUT2D eigenvalue weighted by molar-refractivity contribution is 7.89. The van der Waals surface area contributed by atoms with Crippen molar-refractivity contribution in [1.29, 1.82) is 0 Å². The van der Waals surface area contributed by atoms with Crippen LogP contribution in [0, 0.1) is 0 Å². The third kappa shape index (κ3) is 6.07. The van der Waals surface area contributed by atoms with Crippen LogP contribution in [0.1, 0.15) is 5.56 Å². The van der Waals surface area contributed by atoms with E-state index in [0.717, 1.165) is 16.4 Å². The van der Waals surface area contributed by atoms with Crippen molar-refractivity contribution in [2.75, 3.05) is 39.3 Å². The Balaban J connectivity index is 1.92. The maximum atomic E-state index is 12.6. The molecule has 1 amide bonds. The van der Waals surface area contributed by atoms with Crippen molar-refractivity contribution in [3.05, 3.63) is 29.8 Å². The van der Waals surface area contributed by atoms with E-state index in [0.29, 0.717) is 12.1 Å². The lowest BCUT2D eigenvalue weighted by Crippen LogP contribution is -2.51. The minimum Gasteiger partial charge on any atom is -0.346 e. The minimum atomic E-state index is -4.58. The molecule has 1 heterocycles. The molecule has 0 unspecified atom stereocenters. The number of sulfonamides is 1. The van der Waals surface area contributed by atoms with Crippen LogP contribution in [-0.2, 0) is 21.0 Å². The molecule has 0 saturated carbocycles. The van der Waals surface area contributed by atoms with Crippen LogP contribution < -0.4 is 5.32 Å². The summed E-state index contributed by atoms with van der Waals surface area (Å²) in [6.07, 6.45) is -9.11. The number of carbonyl (C=O) groups is 1. The summed E-state index contributed by atoms with van der Waals surface area (Å²) in [5.41, 5.74) is -0.971. The molecule has 1 aliphatic rings. The van der Waals surface area contributed by atoms with Crippen LogP contribution in [0.3, 0.4) is 0 Å². The Kier molecular flexibility index (Phi) is 6.61. The zero-order valence-electron chi connectivity index (χ0n) is 14.3. The van der Waals surface area contributed by atoms with Crippen LogP contribution in [0.15, 0.2) is 29.2 Å². The Morgan fingerprint density at radius 2 is 1.50 bits per heavy atom. The fraction of sp³-hybridized carbons (Fsp3) is 0.533. The van der Waals surface area contributed by atoms with Crippen LogP contribution in [0.5, 0.6) is 0 Å². The summed E-state index contributed by atoms with van der Waals surface area (Å²) in [4.78, 5) is 12.7. The Labute approximate surface area is 157 Å². The van der Waals surface area contributed by atoms with Crippen molar-refractivity contribution in [1.82, 2.24) is 14.5 Å². The molecule has 0 aromatic heterocycles. The summed E-state index contributed by atoms with van der Waals surface area (Å²) in [5, 5.41) is 1.73. The predicted molar refractivity (Wildman–Crippen MR) is 85.7 cm³/mol. The summed E-state index contributed by atoms with van der Waals surface area (Å²) in [6, 6.07) is 3.09. The summed E-state index contributed by atoms with van der Waals surface area (Å²) >= 11 is 0. The molecular formula is C15H17F6N3O3S. The monoisotopic (exact) mass is 433 g/mol. The van der Waals surface area contributed by atoms with Gasteiger partial charge in [0.2, 0.25) is 15.9 Å². The Hall–Kier alpha value is -1.86. The number of hydrogen-bond acceptors (Lipinski definition) is 4. The topological polar surface area (TPSA) is 69.7 Å². The number of carbonyl (C=O) groups excluding carboxylic acids is 1. The zero-order valence-corrected chi connectivity index (χ0v) is 15.2. The molecule has 1 N–H and O–H groups in total. The molecule has 28 heavy (non-hydrogen) atoms. The molecule has 0 atom stereocenters. The number of alkyl halides is 6. The number of nitrogens with one attached hydrogen (secondary N) is 1. The van der Waals surface area contributed by atoms with Gasteiger partial charge in [0, 0.05) is 26.2 Å². The number of nitrogens with zero attached hydrogens (tertiary/aromatic N) is 2. The normalized spacial score (nSPS) is 17.5. The van der Waals surface area contributed by atoms with E-state index in [-0.39, 0.29) is 37.6 Å². The summed E-state index contributed by atoms with van der Waals surface area (Å²) < 4.78 is 100. The Morgan fingerprint density at radius 1 is 0.964 bits per heavy atom. The van der Waals surface area contributed by atoms with E-state index < -0.39 is 40.4 Å². The van der Waals surface area contributed by atoms with Crippen molar-refractivity contribution in [3.8, 4) is 0 Å². The van der Waals surface area contributed by atoms with Gasteiger partial charge < -0.3 is 5.32 Å². The lowest BCUT2D eigenvalue weighted by molar-refractivity contribution is -0.139. The van der Waals surface area contributed by atoms with Gasteiger partial charge in [0.05, 0.1) is 17.0 Å². The van der Waals surface area contributed by atoms with Gasteiger partial charge in [-0.25, -0.2) is 8.42 Å². The van der Waals surface area contributed by atoms with Crippen molar-refractivity contribution < 1.29 is 39.6 Å². The third-order valence-corrected chi connectivity index (χ3v) is 5.92. The second-order valence-corrected chi connectivity index (χ2v) is 8.03. The molecule has 0 bridgehead atoms. The molecule has 1 aliphatic heterocycles. The third-order valence-electron chi connectivity index (χ3n) is 4.00. The van der Waals surface area contributed by atoms with Gasteiger partial charge in [0.25, 0.3) is 0 Å². The molecule has 2 rings (SSSR count). The second-order valence-electron chi connectivity index (χ2n) is 6.09. The van der Waals surface area contributed by atoms with Crippen LogP contribution in [0.25, 0.3) is 0 Å². The van der Waals surface area contributed by atoms with Crippen molar-refractivity contribution in [3.63, 3.8) is 0 Å². The van der Waals surface area contributed by atoms with Gasteiger partial charge in [-0.1, -0.05) is 0 Å². The highest BCUT2D eigenvalue weighted by Gasteiger charge is 2.33. The van der Waals surface area contributed by atoms with E-state index in [4.69, 9.17) is 0 Å². The van der Waals surface area contributed by atoms with Crippen molar-refractivity contribution in [2.24, 2.45) is 0 Å². The van der Waals surface area contributed by atoms with Crippen LogP contribution in [0.4, 0.5) is 26.3 Å². The van der Waals surface area contributed by atoms with Gasteiger partial charge in [0.1, 0.15) is 6.54 Å². The SMILES string of the molecule is O=C(CN1CCN(S(=O)(=O)c2ccc(C(F)(F)F)cc2)CC1)NCC(F)(F)F. The molecule has 0 aliphatic carbocycles. The first-order chi connectivity index (χ1) is 12.8. The standard InChI is InChI=1S/C15H17F6N3O3S/c16-14(17,18)10-22-13(25)9-23-5-7-24(8-6-23)28(26,27)12-3-1-11(2-4-12)15(19,20)21/h1-4H,5-10H2,(H,22,25). The molecule has 1 aromatic carbocycles. The van der Waals surface area contributed by atoms with Gasteiger partial charge in [-0.05, 0) is 24.3 Å². The van der Waals surface area contributed by atoms with Crippen molar-refractivity contribution >= 4 is 15.9 Å². The van der Waals surface area contributed by atoms with Gasteiger partial charge >= 0.3 is 12.4 Å². The van der Waals surface area contributed by atoms with Crippen LogP contribution in [0.2, 0.25) is 0 Å². The summed E-state index contributed by atoms with van der Waals surface area (Å²) in [5.74, 6) is -0.837. The quantitative estimate of drug-likeness (QED) is 0.718. The number of rotatable bonds is 5. The van der Waals surface area contributed by atoms with E-state index >= 15 is 0 Å².